The Bertz CT molecular complexity index is 704. The fraction of sp³-hybridized carbons (Fsp3) is 0.400. The molecule has 1 aliphatic heterocycles. The molecule has 0 radical (unpaired) electrons. The summed E-state index contributed by atoms with van der Waals surface area (Å²) in [6.07, 6.45) is 3.45. The summed E-state index contributed by atoms with van der Waals surface area (Å²) in [7, 11) is 0. The molecule has 0 aliphatic carbocycles. The van der Waals surface area contributed by atoms with Crippen molar-refractivity contribution in [1.82, 2.24) is 15.8 Å². The molecule has 1 amide bonds. The molecule has 2 heterocycles. The van der Waals surface area contributed by atoms with Gasteiger partial charge in [-0.15, -0.1) is 0 Å². The van der Waals surface area contributed by atoms with E-state index in [9.17, 15) is 4.79 Å². The van der Waals surface area contributed by atoms with E-state index in [-0.39, 0.29) is 11.9 Å². The number of hydrogen-bond acceptors (Lipinski definition) is 5. The van der Waals surface area contributed by atoms with Gasteiger partial charge in [-0.25, -0.2) is 10.4 Å². The highest BCUT2D eigenvalue weighted by Gasteiger charge is 2.29. The number of pyridine rings is 1. The third kappa shape index (κ3) is 5.28. The van der Waals surface area contributed by atoms with Gasteiger partial charge in [-0.3, -0.25) is 10.2 Å². The van der Waals surface area contributed by atoms with E-state index in [0.717, 1.165) is 18.4 Å². The SMILES string of the molecule is CC(C)CC1CC(C(=O)Nc2ccc(OCc3ccccc3)nc2)NN1. The maximum Gasteiger partial charge on any atom is 0.242 e. The smallest absolute Gasteiger partial charge is 0.242 e. The maximum atomic E-state index is 12.4. The van der Waals surface area contributed by atoms with Crippen LogP contribution in [0.25, 0.3) is 0 Å². The number of hydrazine groups is 1. The van der Waals surface area contributed by atoms with E-state index < -0.39 is 0 Å². The first-order chi connectivity index (χ1) is 12.6. The lowest BCUT2D eigenvalue weighted by molar-refractivity contribution is -0.117. The maximum absolute atomic E-state index is 12.4. The molecule has 1 fully saturated rings. The van der Waals surface area contributed by atoms with Gasteiger partial charge in [-0.2, -0.15) is 0 Å². The van der Waals surface area contributed by atoms with Gasteiger partial charge < -0.3 is 10.1 Å². The predicted molar refractivity (Wildman–Crippen MR) is 102 cm³/mol. The zero-order valence-corrected chi connectivity index (χ0v) is 15.2. The minimum absolute atomic E-state index is 0.0523. The van der Waals surface area contributed by atoms with Crippen molar-refractivity contribution in [2.75, 3.05) is 5.32 Å². The van der Waals surface area contributed by atoms with Crippen LogP contribution in [-0.4, -0.2) is 23.0 Å². The van der Waals surface area contributed by atoms with E-state index in [1.165, 1.54) is 0 Å². The van der Waals surface area contributed by atoms with Crippen molar-refractivity contribution in [1.29, 1.82) is 0 Å². The molecule has 1 aromatic carbocycles. The molecule has 6 heteroatoms. The first-order valence-electron chi connectivity index (χ1n) is 9.05. The van der Waals surface area contributed by atoms with Crippen LogP contribution in [0.2, 0.25) is 0 Å². The lowest BCUT2D eigenvalue weighted by Crippen LogP contribution is -2.40. The molecule has 3 rings (SSSR count). The Labute approximate surface area is 154 Å². The molecule has 3 N–H and O–H groups in total. The van der Waals surface area contributed by atoms with Crippen LogP contribution in [-0.2, 0) is 11.4 Å². The molecular weight excluding hydrogens is 328 g/mol. The summed E-state index contributed by atoms with van der Waals surface area (Å²) in [5.41, 5.74) is 8.02. The summed E-state index contributed by atoms with van der Waals surface area (Å²) in [4.78, 5) is 16.6. The van der Waals surface area contributed by atoms with Crippen molar-refractivity contribution in [2.24, 2.45) is 5.92 Å². The molecule has 2 atom stereocenters. The number of carbonyl (C=O) groups is 1. The number of amides is 1. The van der Waals surface area contributed by atoms with Crippen LogP contribution in [0, 0.1) is 5.92 Å². The second kappa shape index (κ2) is 8.78. The van der Waals surface area contributed by atoms with E-state index in [1.54, 1.807) is 18.3 Å². The summed E-state index contributed by atoms with van der Waals surface area (Å²) in [5.74, 6) is 1.08. The number of rotatable bonds is 7. The summed E-state index contributed by atoms with van der Waals surface area (Å²) in [5, 5.41) is 2.90. The Kier molecular flexibility index (Phi) is 6.20. The summed E-state index contributed by atoms with van der Waals surface area (Å²) < 4.78 is 5.66. The molecular formula is C20H26N4O2. The number of hydrogen-bond donors (Lipinski definition) is 3. The second-order valence-corrected chi connectivity index (χ2v) is 7.05. The van der Waals surface area contributed by atoms with Crippen molar-refractivity contribution in [2.45, 2.75) is 45.4 Å². The largest absolute Gasteiger partial charge is 0.473 e. The van der Waals surface area contributed by atoms with Gasteiger partial charge in [-0.05, 0) is 30.4 Å². The molecule has 6 nitrogen and oxygen atoms in total. The Morgan fingerprint density at radius 1 is 1.23 bits per heavy atom. The number of carbonyl (C=O) groups excluding carboxylic acids is 1. The van der Waals surface area contributed by atoms with Crippen LogP contribution in [0.3, 0.4) is 0 Å². The highest BCUT2D eigenvalue weighted by atomic mass is 16.5. The Balaban J connectivity index is 1.47. The Morgan fingerprint density at radius 2 is 2.04 bits per heavy atom. The standard InChI is InChI=1S/C20H26N4O2/c1-14(2)10-17-11-18(24-23-17)20(25)22-16-8-9-19(21-12-16)26-13-15-6-4-3-5-7-15/h3-9,12,14,17-18,23-24H,10-11,13H2,1-2H3,(H,22,25). The number of ether oxygens (including phenoxy) is 1. The molecule has 0 spiro atoms. The number of aromatic nitrogens is 1. The normalized spacial score (nSPS) is 19.5. The van der Waals surface area contributed by atoms with Gasteiger partial charge in [0.25, 0.3) is 0 Å². The average Bonchev–Trinajstić information content (AvgIpc) is 3.10. The molecule has 1 aliphatic rings. The average molecular weight is 354 g/mol. The molecule has 2 unspecified atom stereocenters. The number of nitrogens with zero attached hydrogens (tertiary/aromatic N) is 1. The van der Waals surface area contributed by atoms with Crippen molar-refractivity contribution >= 4 is 11.6 Å². The van der Waals surface area contributed by atoms with Crippen LogP contribution in [0.15, 0.2) is 48.7 Å². The predicted octanol–water partition coefficient (Wildman–Crippen LogP) is 2.88. The summed E-state index contributed by atoms with van der Waals surface area (Å²) in [6, 6.07) is 13.6. The fourth-order valence-electron chi connectivity index (χ4n) is 3.02. The third-order valence-electron chi connectivity index (χ3n) is 4.29. The molecule has 0 saturated carbocycles. The van der Waals surface area contributed by atoms with Gasteiger partial charge in [-0.1, -0.05) is 44.2 Å². The van der Waals surface area contributed by atoms with Crippen LogP contribution < -0.4 is 20.9 Å². The molecule has 0 bridgehead atoms. The van der Waals surface area contributed by atoms with Gasteiger partial charge >= 0.3 is 0 Å². The highest BCUT2D eigenvalue weighted by molar-refractivity contribution is 5.94. The van der Waals surface area contributed by atoms with E-state index >= 15 is 0 Å². The van der Waals surface area contributed by atoms with Gasteiger partial charge in [0, 0.05) is 12.1 Å². The summed E-state index contributed by atoms with van der Waals surface area (Å²) >= 11 is 0. The lowest BCUT2D eigenvalue weighted by atomic mass is 10.00. The first-order valence-corrected chi connectivity index (χ1v) is 9.05. The summed E-state index contributed by atoms with van der Waals surface area (Å²) in [6.45, 7) is 4.83. The van der Waals surface area contributed by atoms with Crippen LogP contribution in [0.5, 0.6) is 5.88 Å². The zero-order valence-electron chi connectivity index (χ0n) is 15.2. The van der Waals surface area contributed by atoms with Crippen molar-refractivity contribution in [3.63, 3.8) is 0 Å². The van der Waals surface area contributed by atoms with Crippen molar-refractivity contribution < 1.29 is 9.53 Å². The van der Waals surface area contributed by atoms with E-state index in [0.29, 0.717) is 30.1 Å². The monoisotopic (exact) mass is 354 g/mol. The zero-order chi connectivity index (χ0) is 18.4. The van der Waals surface area contributed by atoms with Crippen molar-refractivity contribution in [3.8, 4) is 5.88 Å². The van der Waals surface area contributed by atoms with Gasteiger partial charge in [0.1, 0.15) is 12.6 Å². The number of anilines is 1. The minimum atomic E-state index is -0.229. The topological polar surface area (TPSA) is 75.3 Å². The van der Waals surface area contributed by atoms with E-state index in [4.69, 9.17) is 4.74 Å². The molecule has 2 aromatic rings. The minimum Gasteiger partial charge on any atom is -0.473 e. The molecule has 1 saturated heterocycles. The number of nitrogens with one attached hydrogen (secondary N) is 3. The van der Waals surface area contributed by atoms with Crippen molar-refractivity contribution in [3.05, 3.63) is 54.2 Å². The third-order valence-corrected chi connectivity index (χ3v) is 4.29. The van der Waals surface area contributed by atoms with Gasteiger partial charge in [0.05, 0.1) is 11.9 Å². The quantitative estimate of drug-likeness (QED) is 0.713. The Morgan fingerprint density at radius 3 is 2.73 bits per heavy atom. The van der Waals surface area contributed by atoms with E-state index in [2.05, 4.69) is 35.0 Å². The molecule has 26 heavy (non-hydrogen) atoms. The fourth-order valence-corrected chi connectivity index (χ4v) is 3.02. The highest BCUT2D eigenvalue weighted by Crippen LogP contribution is 2.17. The van der Waals surface area contributed by atoms with E-state index in [1.807, 2.05) is 30.3 Å². The number of benzene rings is 1. The second-order valence-electron chi connectivity index (χ2n) is 7.05. The van der Waals surface area contributed by atoms with Gasteiger partial charge in [0.2, 0.25) is 11.8 Å². The van der Waals surface area contributed by atoms with Crippen LogP contribution >= 0.6 is 0 Å². The van der Waals surface area contributed by atoms with Gasteiger partial charge in [0.15, 0.2) is 0 Å². The lowest BCUT2D eigenvalue weighted by Gasteiger charge is -2.12. The Hall–Kier alpha value is -2.44. The first kappa shape index (κ1) is 18.4. The molecule has 1 aromatic heterocycles. The molecule has 138 valence electrons. The van der Waals surface area contributed by atoms with Crippen LogP contribution in [0.4, 0.5) is 5.69 Å². The van der Waals surface area contributed by atoms with Crippen LogP contribution in [0.1, 0.15) is 32.3 Å².